The summed E-state index contributed by atoms with van der Waals surface area (Å²) < 4.78 is 50.8. The van der Waals surface area contributed by atoms with E-state index >= 15 is 0 Å². The molecule has 1 atom stereocenters. The van der Waals surface area contributed by atoms with Crippen molar-refractivity contribution in [3.05, 3.63) is 76.5 Å². The highest BCUT2D eigenvalue weighted by Gasteiger charge is 2.45. The molecule has 4 rings (SSSR count). The zero-order chi connectivity index (χ0) is 27.3. The first-order chi connectivity index (χ1) is 18.2. The molecule has 0 radical (unpaired) electrons. The van der Waals surface area contributed by atoms with Crippen molar-refractivity contribution in [2.75, 3.05) is 51.0 Å². The van der Waals surface area contributed by atoms with Crippen LogP contribution in [0.15, 0.2) is 59.8 Å². The average Bonchev–Trinajstić information content (AvgIpc) is 3.23. The Kier molecular flexibility index (Phi) is 8.31. The van der Waals surface area contributed by atoms with Crippen LogP contribution in [0.2, 0.25) is 0 Å². The van der Waals surface area contributed by atoms with Crippen LogP contribution in [0.4, 0.5) is 23.7 Å². The van der Waals surface area contributed by atoms with Crippen molar-refractivity contribution < 1.29 is 37.3 Å². The van der Waals surface area contributed by atoms with Gasteiger partial charge in [-0.1, -0.05) is 18.2 Å². The quantitative estimate of drug-likeness (QED) is 0.457. The largest absolute Gasteiger partial charge is 0.416 e. The topological polar surface area (TPSA) is 115 Å². The summed E-state index contributed by atoms with van der Waals surface area (Å²) in [5.74, 6) is -0.383. The van der Waals surface area contributed by atoms with Crippen LogP contribution >= 0.6 is 0 Å². The maximum absolute atomic E-state index is 13.5. The Hall–Kier alpha value is -3.92. The number of halogens is 3. The lowest BCUT2D eigenvalue weighted by molar-refractivity contribution is -0.137. The van der Waals surface area contributed by atoms with Gasteiger partial charge in [0.2, 0.25) is 0 Å². The summed E-state index contributed by atoms with van der Waals surface area (Å²) in [7, 11) is 0. The second-order valence-corrected chi connectivity index (χ2v) is 8.54. The number of carbonyl (C=O) groups excluding carboxylic acids is 2. The van der Waals surface area contributed by atoms with Gasteiger partial charge in [-0.3, -0.25) is 9.69 Å². The van der Waals surface area contributed by atoms with Gasteiger partial charge in [0.25, 0.3) is 5.91 Å². The lowest BCUT2D eigenvalue weighted by Gasteiger charge is -2.33. The molecule has 9 nitrogen and oxygen atoms in total. The predicted molar refractivity (Wildman–Crippen MR) is 129 cm³/mol. The average molecular weight is 531 g/mol. The van der Waals surface area contributed by atoms with Crippen LogP contribution < -0.4 is 10.2 Å². The Morgan fingerprint density at radius 3 is 2.42 bits per heavy atom. The van der Waals surface area contributed by atoms with Crippen LogP contribution in [0.1, 0.15) is 22.7 Å². The van der Waals surface area contributed by atoms with Crippen LogP contribution in [-0.2, 0) is 20.4 Å². The Balaban J connectivity index is 1.62. The number of rotatable bonds is 10. The number of urea groups is 1. The third kappa shape index (κ3) is 5.80. The second-order valence-electron chi connectivity index (χ2n) is 8.54. The molecule has 2 N–H and O–H groups in total. The number of anilines is 1. The van der Waals surface area contributed by atoms with Crippen LogP contribution in [0.25, 0.3) is 0 Å². The summed E-state index contributed by atoms with van der Waals surface area (Å²) in [4.78, 5) is 29.3. The zero-order valence-corrected chi connectivity index (χ0v) is 20.2. The van der Waals surface area contributed by atoms with Gasteiger partial charge in [-0.25, -0.2) is 4.79 Å². The highest BCUT2D eigenvalue weighted by molar-refractivity contribution is 6.07. The third-order valence-corrected chi connectivity index (χ3v) is 6.12. The Morgan fingerprint density at radius 1 is 1.05 bits per heavy atom. The number of alkyl halides is 3. The molecule has 2 aliphatic rings. The van der Waals surface area contributed by atoms with E-state index in [1.807, 2.05) is 6.07 Å². The summed E-state index contributed by atoms with van der Waals surface area (Å²) in [6.45, 7) is 0.945. The molecule has 38 heavy (non-hydrogen) atoms. The fourth-order valence-corrected chi connectivity index (χ4v) is 4.33. The Labute approximate surface area is 216 Å². The van der Waals surface area contributed by atoms with Crippen LogP contribution in [0.5, 0.6) is 0 Å². The standard InChI is InChI=1S/C26H25F3N4O5/c27-26(28,29)19-2-1-3-20(14-19)33-21-16-32(8-10-37-12-13-38-11-9-34)24(35)22(21)23(31-25(33)36)18-6-4-17(15-30)5-7-18/h1-7,14,23,34H,8-13,16H2,(H,31,36). The van der Waals surface area contributed by atoms with Gasteiger partial charge >= 0.3 is 12.2 Å². The van der Waals surface area contributed by atoms with E-state index in [4.69, 9.17) is 19.8 Å². The number of nitrogens with one attached hydrogen (secondary N) is 1. The van der Waals surface area contributed by atoms with Gasteiger partial charge in [-0.15, -0.1) is 0 Å². The molecule has 2 aromatic carbocycles. The number of hydrogen-bond acceptors (Lipinski definition) is 6. The molecule has 0 spiro atoms. The summed E-state index contributed by atoms with van der Waals surface area (Å²) in [6, 6.07) is 11.2. The minimum absolute atomic E-state index is 0.00498. The van der Waals surface area contributed by atoms with Gasteiger partial charge in [-0.2, -0.15) is 18.4 Å². The van der Waals surface area contributed by atoms with Crippen LogP contribution in [0, 0.1) is 11.3 Å². The number of carbonyl (C=O) groups is 2. The molecule has 0 aliphatic carbocycles. The van der Waals surface area contributed by atoms with Gasteiger partial charge in [0, 0.05) is 6.54 Å². The molecule has 0 saturated carbocycles. The lowest BCUT2D eigenvalue weighted by atomic mass is 9.94. The molecule has 12 heteroatoms. The molecule has 3 amide bonds. The number of hydrogen-bond donors (Lipinski definition) is 2. The van der Waals surface area contributed by atoms with Crippen molar-refractivity contribution in [1.82, 2.24) is 10.2 Å². The second kappa shape index (κ2) is 11.6. The maximum atomic E-state index is 13.5. The lowest BCUT2D eigenvalue weighted by Crippen LogP contribution is -2.47. The highest BCUT2D eigenvalue weighted by Crippen LogP contribution is 2.40. The third-order valence-electron chi connectivity index (χ3n) is 6.12. The molecule has 2 aromatic rings. The number of amides is 3. The normalized spacial score (nSPS) is 17.5. The number of aliphatic hydroxyl groups excluding tert-OH is 1. The van der Waals surface area contributed by atoms with E-state index in [2.05, 4.69) is 5.32 Å². The SMILES string of the molecule is N#Cc1ccc(C2NC(=O)N(c3cccc(C(F)(F)F)c3)C3=C2C(=O)N(CCOCCOCCO)C3)cc1. The van der Waals surface area contributed by atoms with E-state index in [1.54, 1.807) is 24.3 Å². The van der Waals surface area contributed by atoms with Crippen molar-refractivity contribution in [3.63, 3.8) is 0 Å². The van der Waals surface area contributed by atoms with Gasteiger partial charge in [0.1, 0.15) is 0 Å². The minimum atomic E-state index is -4.61. The van der Waals surface area contributed by atoms with E-state index in [9.17, 15) is 22.8 Å². The van der Waals surface area contributed by atoms with E-state index in [0.29, 0.717) is 11.1 Å². The van der Waals surface area contributed by atoms with Gasteiger partial charge in [-0.05, 0) is 35.9 Å². The number of aliphatic hydroxyl groups is 1. The summed E-state index contributed by atoms with van der Waals surface area (Å²) in [5.41, 5.74) is 0.528. The molecule has 0 bridgehead atoms. The van der Waals surface area contributed by atoms with Gasteiger partial charge < -0.3 is 24.8 Å². The number of ether oxygens (including phenoxy) is 2. The van der Waals surface area contributed by atoms with E-state index in [1.165, 1.54) is 17.0 Å². The summed E-state index contributed by atoms with van der Waals surface area (Å²) in [6.07, 6.45) is -4.61. The van der Waals surface area contributed by atoms with E-state index in [-0.39, 0.29) is 69.0 Å². The van der Waals surface area contributed by atoms with Crippen molar-refractivity contribution in [3.8, 4) is 6.07 Å². The molecule has 200 valence electrons. The summed E-state index contributed by atoms with van der Waals surface area (Å²) in [5, 5.41) is 20.6. The van der Waals surface area contributed by atoms with E-state index in [0.717, 1.165) is 17.0 Å². The van der Waals surface area contributed by atoms with Gasteiger partial charge in [0.15, 0.2) is 0 Å². The van der Waals surface area contributed by atoms with Crippen molar-refractivity contribution in [2.45, 2.75) is 12.2 Å². The van der Waals surface area contributed by atoms with Crippen molar-refractivity contribution in [1.29, 1.82) is 5.26 Å². The molecule has 0 fully saturated rings. The smallest absolute Gasteiger partial charge is 0.394 e. The molecule has 0 aromatic heterocycles. The number of nitrogens with zero attached hydrogens (tertiary/aromatic N) is 3. The first-order valence-corrected chi connectivity index (χ1v) is 11.8. The zero-order valence-electron chi connectivity index (χ0n) is 20.2. The Morgan fingerprint density at radius 2 is 1.76 bits per heavy atom. The molecular formula is C26H25F3N4O5. The van der Waals surface area contributed by atoms with Gasteiger partial charge in [0.05, 0.1) is 79.8 Å². The van der Waals surface area contributed by atoms with Crippen LogP contribution in [-0.4, -0.2) is 68.1 Å². The fraction of sp³-hybridized carbons (Fsp3) is 0.346. The fourth-order valence-electron chi connectivity index (χ4n) is 4.33. The molecule has 0 saturated heterocycles. The number of benzene rings is 2. The molecule has 2 heterocycles. The first-order valence-electron chi connectivity index (χ1n) is 11.8. The number of nitriles is 1. The minimum Gasteiger partial charge on any atom is -0.394 e. The summed E-state index contributed by atoms with van der Waals surface area (Å²) >= 11 is 0. The van der Waals surface area contributed by atoms with Crippen LogP contribution in [0.3, 0.4) is 0 Å². The highest BCUT2D eigenvalue weighted by atomic mass is 19.4. The van der Waals surface area contributed by atoms with Crippen molar-refractivity contribution >= 4 is 17.6 Å². The molecule has 2 aliphatic heterocycles. The molecule has 1 unspecified atom stereocenters. The molecular weight excluding hydrogens is 505 g/mol. The monoisotopic (exact) mass is 530 g/mol. The first kappa shape index (κ1) is 27.1. The predicted octanol–water partition coefficient (Wildman–Crippen LogP) is 2.97. The Bertz CT molecular complexity index is 1260. The van der Waals surface area contributed by atoms with Crippen molar-refractivity contribution in [2.24, 2.45) is 0 Å². The maximum Gasteiger partial charge on any atom is 0.416 e. The van der Waals surface area contributed by atoms with E-state index < -0.39 is 23.8 Å².